The number of carboxylic acids is 1. The fourth-order valence-corrected chi connectivity index (χ4v) is 2.72. The van der Waals surface area contributed by atoms with Crippen molar-refractivity contribution in [3.05, 3.63) is 0 Å². The third kappa shape index (κ3) is 2.27. The van der Waals surface area contributed by atoms with Crippen molar-refractivity contribution in [3.8, 4) is 0 Å². The summed E-state index contributed by atoms with van der Waals surface area (Å²) in [6, 6.07) is 0. The summed E-state index contributed by atoms with van der Waals surface area (Å²) in [7, 11) is 0. The highest BCUT2D eigenvalue weighted by atomic mass is 16.4. The van der Waals surface area contributed by atoms with Crippen molar-refractivity contribution < 1.29 is 9.90 Å². The van der Waals surface area contributed by atoms with Crippen LogP contribution in [0, 0.1) is 23.7 Å². The zero-order valence-electron chi connectivity index (χ0n) is 8.48. The molecule has 0 bridgehead atoms. The second-order valence-electron chi connectivity index (χ2n) is 4.85. The van der Waals surface area contributed by atoms with Gasteiger partial charge in [-0.3, -0.25) is 4.79 Å². The van der Waals surface area contributed by atoms with Crippen LogP contribution in [0.2, 0.25) is 0 Å². The number of hydrogen-bond donors (Lipinski definition) is 2. The van der Waals surface area contributed by atoms with Crippen LogP contribution in [0.3, 0.4) is 0 Å². The number of carboxylic acid groups (broad SMARTS) is 1. The Morgan fingerprint density at radius 1 is 1.29 bits per heavy atom. The summed E-state index contributed by atoms with van der Waals surface area (Å²) in [5.74, 6) is 1.76. The predicted molar refractivity (Wildman–Crippen MR) is 53.7 cm³/mol. The topological polar surface area (TPSA) is 63.3 Å². The van der Waals surface area contributed by atoms with Gasteiger partial charge in [-0.2, -0.15) is 0 Å². The third-order valence-corrected chi connectivity index (χ3v) is 3.62. The van der Waals surface area contributed by atoms with Gasteiger partial charge >= 0.3 is 5.97 Å². The summed E-state index contributed by atoms with van der Waals surface area (Å²) in [5.41, 5.74) is 5.69. The van der Waals surface area contributed by atoms with Crippen LogP contribution in [-0.2, 0) is 4.79 Å². The predicted octanol–water partition coefficient (Wildman–Crippen LogP) is 1.47. The second-order valence-corrected chi connectivity index (χ2v) is 4.85. The first kappa shape index (κ1) is 9.97. The van der Waals surface area contributed by atoms with E-state index in [0.717, 1.165) is 11.8 Å². The van der Waals surface area contributed by atoms with E-state index in [1.807, 2.05) is 0 Å². The quantitative estimate of drug-likeness (QED) is 0.677. The van der Waals surface area contributed by atoms with E-state index in [9.17, 15) is 4.79 Å². The minimum absolute atomic E-state index is 0.229. The van der Waals surface area contributed by atoms with E-state index in [4.69, 9.17) is 10.8 Å². The molecule has 0 aromatic heterocycles. The molecule has 0 aliphatic heterocycles. The van der Waals surface area contributed by atoms with E-state index in [1.54, 1.807) is 0 Å². The third-order valence-electron chi connectivity index (χ3n) is 3.62. The molecule has 0 aromatic carbocycles. The minimum Gasteiger partial charge on any atom is -0.481 e. The van der Waals surface area contributed by atoms with E-state index < -0.39 is 5.97 Å². The highest BCUT2D eigenvalue weighted by Crippen LogP contribution is 2.52. The highest BCUT2D eigenvalue weighted by Gasteiger charge is 2.45. The zero-order chi connectivity index (χ0) is 10.1. The average molecular weight is 197 g/mol. The van der Waals surface area contributed by atoms with Crippen molar-refractivity contribution in [2.45, 2.75) is 32.1 Å². The maximum absolute atomic E-state index is 10.7. The van der Waals surface area contributed by atoms with E-state index in [2.05, 4.69) is 0 Å². The zero-order valence-corrected chi connectivity index (χ0v) is 8.48. The Morgan fingerprint density at radius 2 is 1.79 bits per heavy atom. The number of nitrogens with two attached hydrogens (primary N) is 1. The molecule has 0 saturated heterocycles. The maximum Gasteiger partial charge on any atom is 0.303 e. The lowest BCUT2D eigenvalue weighted by Gasteiger charge is -2.24. The number of carbonyl (C=O) groups is 1. The molecule has 0 spiro atoms. The van der Waals surface area contributed by atoms with Crippen molar-refractivity contribution in [1.29, 1.82) is 0 Å². The normalized spacial score (nSPS) is 23.9. The van der Waals surface area contributed by atoms with Gasteiger partial charge in [-0.05, 0) is 55.9 Å². The molecule has 80 valence electrons. The molecule has 2 rings (SSSR count). The first-order valence-corrected chi connectivity index (χ1v) is 5.64. The molecule has 0 amide bonds. The first-order valence-electron chi connectivity index (χ1n) is 5.64. The van der Waals surface area contributed by atoms with Crippen molar-refractivity contribution in [2.75, 3.05) is 6.54 Å². The first-order chi connectivity index (χ1) is 6.72. The molecular weight excluding hydrogens is 178 g/mol. The van der Waals surface area contributed by atoms with Crippen LogP contribution < -0.4 is 5.73 Å². The lowest BCUT2D eigenvalue weighted by molar-refractivity contribution is -0.138. The highest BCUT2D eigenvalue weighted by molar-refractivity contribution is 5.67. The largest absolute Gasteiger partial charge is 0.481 e. The summed E-state index contributed by atoms with van der Waals surface area (Å²) in [6.45, 7) is 0.546. The maximum atomic E-state index is 10.7. The Hall–Kier alpha value is -0.570. The number of hydrogen-bond acceptors (Lipinski definition) is 2. The van der Waals surface area contributed by atoms with Crippen molar-refractivity contribution in [1.82, 2.24) is 0 Å². The van der Waals surface area contributed by atoms with Gasteiger partial charge < -0.3 is 10.8 Å². The summed E-state index contributed by atoms with van der Waals surface area (Å²) in [6.07, 6.45) is 5.48. The van der Waals surface area contributed by atoms with Gasteiger partial charge in [0.15, 0.2) is 0 Å². The average Bonchev–Trinajstić information content (AvgIpc) is 2.97. The lowest BCUT2D eigenvalue weighted by atomic mass is 9.82. The Balaban J connectivity index is 1.94. The Kier molecular flexibility index (Phi) is 2.77. The summed E-state index contributed by atoms with van der Waals surface area (Å²) < 4.78 is 0. The van der Waals surface area contributed by atoms with E-state index >= 15 is 0 Å². The monoisotopic (exact) mass is 197 g/mol. The number of aliphatic carboxylic acids is 1. The second kappa shape index (κ2) is 3.89. The van der Waals surface area contributed by atoms with Crippen molar-refractivity contribution in [2.24, 2.45) is 29.4 Å². The van der Waals surface area contributed by atoms with Gasteiger partial charge in [-0.1, -0.05) is 0 Å². The number of rotatable bonds is 6. The van der Waals surface area contributed by atoms with Crippen molar-refractivity contribution >= 4 is 5.97 Å². The van der Waals surface area contributed by atoms with Crippen LogP contribution in [0.4, 0.5) is 0 Å². The molecule has 0 heterocycles. The fourth-order valence-electron chi connectivity index (χ4n) is 2.72. The van der Waals surface area contributed by atoms with Gasteiger partial charge in [-0.25, -0.2) is 0 Å². The summed E-state index contributed by atoms with van der Waals surface area (Å²) in [5, 5.41) is 8.81. The van der Waals surface area contributed by atoms with Crippen LogP contribution >= 0.6 is 0 Å². The van der Waals surface area contributed by atoms with E-state index in [1.165, 1.54) is 25.7 Å². The van der Waals surface area contributed by atoms with Crippen molar-refractivity contribution in [3.63, 3.8) is 0 Å². The molecule has 1 unspecified atom stereocenters. The van der Waals surface area contributed by atoms with Gasteiger partial charge in [-0.15, -0.1) is 0 Å². The molecular formula is C11H19NO2. The molecule has 3 N–H and O–H groups in total. The lowest BCUT2D eigenvalue weighted by Crippen LogP contribution is -2.28. The van der Waals surface area contributed by atoms with Crippen LogP contribution in [0.1, 0.15) is 32.1 Å². The van der Waals surface area contributed by atoms with Gasteiger partial charge in [0.25, 0.3) is 0 Å². The molecule has 14 heavy (non-hydrogen) atoms. The Labute approximate surface area is 84.7 Å². The Morgan fingerprint density at radius 3 is 2.07 bits per heavy atom. The Bertz CT molecular complexity index is 209. The van der Waals surface area contributed by atoms with Crippen LogP contribution in [0.5, 0.6) is 0 Å². The van der Waals surface area contributed by atoms with Gasteiger partial charge in [0.2, 0.25) is 0 Å². The molecule has 1 atom stereocenters. The summed E-state index contributed by atoms with van der Waals surface area (Å²) >= 11 is 0. The molecule has 2 aliphatic rings. The fraction of sp³-hybridized carbons (Fsp3) is 0.909. The van der Waals surface area contributed by atoms with Crippen LogP contribution in [-0.4, -0.2) is 17.6 Å². The minimum atomic E-state index is -0.688. The molecule has 3 nitrogen and oxygen atoms in total. The summed E-state index contributed by atoms with van der Waals surface area (Å²) in [4.78, 5) is 10.7. The van der Waals surface area contributed by atoms with E-state index in [-0.39, 0.29) is 12.3 Å². The molecule has 2 fully saturated rings. The van der Waals surface area contributed by atoms with Gasteiger partial charge in [0.1, 0.15) is 0 Å². The molecule has 3 heteroatoms. The molecule has 0 aromatic rings. The van der Waals surface area contributed by atoms with Crippen LogP contribution in [0.15, 0.2) is 0 Å². The van der Waals surface area contributed by atoms with Crippen LogP contribution in [0.25, 0.3) is 0 Å². The smallest absolute Gasteiger partial charge is 0.303 e. The molecule has 2 saturated carbocycles. The molecule has 0 radical (unpaired) electrons. The SMILES string of the molecule is NCC(CC(=O)O)C(C1CC1)C1CC1. The van der Waals surface area contributed by atoms with Gasteiger partial charge in [0, 0.05) is 6.42 Å². The standard InChI is InChI=1S/C11H19NO2/c12-6-9(5-10(13)14)11(7-1-2-7)8-3-4-8/h7-9,11H,1-6,12H2,(H,13,14). The molecule has 2 aliphatic carbocycles. The van der Waals surface area contributed by atoms with Gasteiger partial charge in [0.05, 0.1) is 0 Å². The van der Waals surface area contributed by atoms with E-state index in [0.29, 0.717) is 12.5 Å².